The molecule has 0 spiro atoms. The van der Waals surface area contributed by atoms with Crippen molar-refractivity contribution in [2.45, 2.75) is 26.7 Å². The molecule has 0 aliphatic rings. The van der Waals surface area contributed by atoms with E-state index < -0.39 is 0 Å². The van der Waals surface area contributed by atoms with E-state index in [1.165, 1.54) is 5.56 Å². The first kappa shape index (κ1) is 12.7. The van der Waals surface area contributed by atoms with Gasteiger partial charge in [-0.1, -0.05) is 13.8 Å². The molecule has 0 bridgehead atoms. The molecule has 0 radical (unpaired) electrons. The fourth-order valence-corrected chi connectivity index (χ4v) is 2.48. The van der Waals surface area contributed by atoms with E-state index in [9.17, 15) is 5.11 Å². The fraction of sp³-hybridized carbons (Fsp3) is 0.667. The third kappa shape index (κ3) is 3.03. The number of aryl methyl sites for hydroxylation is 1. The van der Waals surface area contributed by atoms with Crippen molar-refractivity contribution >= 4 is 11.3 Å². The molecule has 0 aromatic carbocycles. The van der Waals surface area contributed by atoms with E-state index in [0.29, 0.717) is 12.5 Å². The van der Waals surface area contributed by atoms with Crippen LogP contribution < -0.4 is 5.73 Å². The summed E-state index contributed by atoms with van der Waals surface area (Å²) in [5.41, 5.74) is 7.05. The zero-order valence-electron chi connectivity index (χ0n) is 9.57. The van der Waals surface area contributed by atoms with Gasteiger partial charge < -0.3 is 10.8 Å². The van der Waals surface area contributed by atoms with E-state index in [4.69, 9.17) is 5.73 Å². The summed E-state index contributed by atoms with van der Waals surface area (Å²) in [5.74, 6) is 0.422. The van der Waals surface area contributed by atoms with Crippen LogP contribution in [0.15, 0.2) is 16.8 Å². The van der Waals surface area contributed by atoms with E-state index >= 15 is 0 Å². The minimum absolute atomic E-state index is 0.109. The van der Waals surface area contributed by atoms with Gasteiger partial charge in [-0.05, 0) is 41.1 Å². The Balaban J connectivity index is 2.59. The van der Waals surface area contributed by atoms with Crippen LogP contribution in [-0.4, -0.2) is 18.3 Å². The number of hydrogen-bond donors (Lipinski definition) is 2. The van der Waals surface area contributed by atoms with Gasteiger partial charge in [0.15, 0.2) is 0 Å². The van der Waals surface area contributed by atoms with Crippen LogP contribution in [-0.2, 0) is 6.42 Å². The van der Waals surface area contributed by atoms with Crippen LogP contribution in [0.3, 0.4) is 0 Å². The van der Waals surface area contributed by atoms with E-state index in [-0.39, 0.29) is 12.0 Å². The molecular weight excluding hydrogens is 206 g/mol. The van der Waals surface area contributed by atoms with Crippen molar-refractivity contribution in [1.82, 2.24) is 0 Å². The molecule has 1 heterocycles. The van der Waals surface area contributed by atoms with E-state index in [2.05, 4.69) is 30.7 Å². The number of hydrogen-bond acceptors (Lipinski definition) is 3. The van der Waals surface area contributed by atoms with E-state index in [1.807, 2.05) is 0 Å². The Morgan fingerprint density at radius 2 is 2.27 bits per heavy atom. The molecule has 1 rings (SSSR count). The summed E-state index contributed by atoms with van der Waals surface area (Å²) in [4.78, 5) is 0. The Morgan fingerprint density at radius 3 is 2.67 bits per heavy atom. The minimum atomic E-state index is -0.109. The monoisotopic (exact) mass is 227 g/mol. The quantitative estimate of drug-likeness (QED) is 0.783. The summed E-state index contributed by atoms with van der Waals surface area (Å²) in [6.07, 6.45) is 1.98. The molecule has 0 aliphatic heterocycles. The van der Waals surface area contributed by atoms with Crippen molar-refractivity contribution < 1.29 is 5.11 Å². The van der Waals surface area contributed by atoms with Gasteiger partial charge in [-0.2, -0.15) is 11.3 Å². The van der Waals surface area contributed by atoms with Gasteiger partial charge >= 0.3 is 0 Å². The van der Waals surface area contributed by atoms with Crippen LogP contribution in [0.25, 0.3) is 0 Å². The van der Waals surface area contributed by atoms with E-state index in [0.717, 1.165) is 12.8 Å². The summed E-state index contributed by atoms with van der Waals surface area (Å²) in [5, 5.41) is 13.8. The predicted octanol–water partition coefficient (Wildman–Crippen LogP) is 2.27. The number of thiophene rings is 1. The average molecular weight is 227 g/mol. The molecule has 1 aromatic heterocycles. The van der Waals surface area contributed by atoms with Gasteiger partial charge in [-0.25, -0.2) is 0 Å². The molecule has 0 aliphatic carbocycles. The standard InChI is InChI=1S/C12H21NOS/c1-10(2)12(8-13,9-14)5-3-11-4-6-15-7-11/h4,6-7,10,14H,3,5,8-9,13H2,1-2H3. The van der Waals surface area contributed by atoms with Gasteiger partial charge in [-0.3, -0.25) is 0 Å². The summed E-state index contributed by atoms with van der Waals surface area (Å²) in [6, 6.07) is 2.14. The molecule has 2 nitrogen and oxygen atoms in total. The topological polar surface area (TPSA) is 46.2 Å². The zero-order chi connectivity index (χ0) is 11.3. The summed E-state index contributed by atoms with van der Waals surface area (Å²) in [7, 11) is 0. The van der Waals surface area contributed by atoms with Gasteiger partial charge in [0.25, 0.3) is 0 Å². The molecular formula is C12H21NOS. The number of nitrogens with two attached hydrogens (primary N) is 1. The van der Waals surface area contributed by atoms with Crippen LogP contribution in [0.2, 0.25) is 0 Å². The lowest BCUT2D eigenvalue weighted by molar-refractivity contribution is 0.0754. The van der Waals surface area contributed by atoms with Gasteiger partial charge in [0.05, 0.1) is 6.61 Å². The highest BCUT2D eigenvalue weighted by Gasteiger charge is 2.31. The maximum Gasteiger partial charge on any atom is 0.0502 e. The molecule has 3 heteroatoms. The van der Waals surface area contributed by atoms with Crippen molar-refractivity contribution in [3.63, 3.8) is 0 Å². The molecule has 1 unspecified atom stereocenters. The van der Waals surface area contributed by atoms with Crippen LogP contribution in [0, 0.1) is 11.3 Å². The Kier molecular flexibility index (Phi) is 4.77. The number of rotatable bonds is 6. The Hall–Kier alpha value is -0.380. The molecule has 1 aromatic rings. The highest BCUT2D eigenvalue weighted by molar-refractivity contribution is 7.07. The van der Waals surface area contributed by atoms with Crippen LogP contribution in [0.5, 0.6) is 0 Å². The van der Waals surface area contributed by atoms with Crippen molar-refractivity contribution in [3.05, 3.63) is 22.4 Å². The maximum atomic E-state index is 9.50. The number of aliphatic hydroxyl groups is 1. The minimum Gasteiger partial charge on any atom is -0.396 e. The molecule has 0 saturated heterocycles. The van der Waals surface area contributed by atoms with Gasteiger partial charge in [0.1, 0.15) is 0 Å². The Bertz CT molecular complexity index is 265. The Morgan fingerprint density at radius 1 is 1.53 bits per heavy atom. The van der Waals surface area contributed by atoms with Crippen LogP contribution in [0.1, 0.15) is 25.8 Å². The van der Waals surface area contributed by atoms with Gasteiger partial charge in [0.2, 0.25) is 0 Å². The maximum absolute atomic E-state index is 9.50. The summed E-state index contributed by atoms with van der Waals surface area (Å²) in [6.45, 7) is 5.02. The van der Waals surface area contributed by atoms with Crippen molar-refractivity contribution in [2.24, 2.45) is 17.1 Å². The van der Waals surface area contributed by atoms with E-state index in [1.54, 1.807) is 11.3 Å². The largest absolute Gasteiger partial charge is 0.396 e. The van der Waals surface area contributed by atoms with Gasteiger partial charge in [0, 0.05) is 12.0 Å². The van der Waals surface area contributed by atoms with Crippen molar-refractivity contribution in [3.8, 4) is 0 Å². The molecule has 3 N–H and O–H groups in total. The first-order valence-corrected chi connectivity index (χ1v) is 6.41. The lowest BCUT2D eigenvalue weighted by Crippen LogP contribution is -2.39. The second-order valence-corrected chi connectivity index (χ2v) is 5.29. The highest BCUT2D eigenvalue weighted by atomic mass is 32.1. The first-order valence-electron chi connectivity index (χ1n) is 5.46. The SMILES string of the molecule is CC(C)C(CN)(CO)CCc1ccsc1. The molecule has 0 saturated carbocycles. The third-order valence-corrected chi connectivity index (χ3v) is 4.17. The van der Waals surface area contributed by atoms with Crippen molar-refractivity contribution in [2.75, 3.05) is 13.2 Å². The second kappa shape index (κ2) is 5.64. The zero-order valence-corrected chi connectivity index (χ0v) is 10.4. The lowest BCUT2D eigenvalue weighted by atomic mass is 9.74. The van der Waals surface area contributed by atoms with Crippen LogP contribution >= 0.6 is 11.3 Å². The molecule has 0 amide bonds. The summed E-state index contributed by atoms with van der Waals surface area (Å²) < 4.78 is 0. The third-order valence-electron chi connectivity index (χ3n) is 3.44. The molecule has 0 fully saturated rings. The molecule has 1 atom stereocenters. The Labute approximate surface area is 96.1 Å². The normalized spacial score (nSPS) is 15.5. The highest BCUT2D eigenvalue weighted by Crippen LogP contribution is 2.31. The summed E-state index contributed by atoms with van der Waals surface area (Å²) >= 11 is 1.72. The first-order chi connectivity index (χ1) is 7.14. The molecule has 86 valence electrons. The van der Waals surface area contributed by atoms with Crippen LogP contribution in [0.4, 0.5) is 0 Å². The lowest BCUT2D eigenvalue weighted by Gasteiger charge is -2.34. The number of aliphatic hydroxyl groups excluding tert-OH is 1. The second-order valence-electron chi connectivity index (χ2n) is 4.51. The predicted molar refractivity (Wildman–Crippen MR) is 66.1 cm³/mol. The fourth-order valence-electron chi connectivity index (χ4n) is 1.78. The molecule has 15 heavy (non-hydrogen) atoms. The van der Waals surface area contributed by atoms with Crippen molar-refractivity contribution in [1.29, 1.82) is 0 Å². The smallest absolute Gasteiger partial charge is 0.0502 e. The van der Waals surface area contributed by atoms with Gasteiger partial charge in [-0.15, -0.1) is 0 Å². The average Bonchev–Trinajstić information content (AvgIpc) is 2.72.